The minimum absolute atomic E-state index is 0.426. The Labute approximate surface area is 111 Å². The van der Waals surface area contributed by atoms with Gasteiger partial charge in [-0.25, -0.2) is 0 Å². The van der Waals surface area contributed by atoms with E-state index in [4.69, 9.17) is 11.6 Å². The van der Waals surface area contributed by atoms with Crippen molar-refractivity contribution in [2.24, 2.45) is 0 Å². The predicted molar refractivity (Wildman–Crippen MR) is 73.7 cm³/mol. The topological polar surface area (TPSA) is 29.1 Å². The Morgan fingerprint density at radius 3 is 2.69 bits per heavy atom. The predicted octanol–water partition coefficient (Wildman–Crippen LogP) is 3.43. The number of halogens is 2. The van der Waals surface area contributed by atoms with E-state index in [0.29, 0.717) is 6.04 Å². The number of anilines is 1. The molecule has 1 saturated heterocycles. The summed E-state index contributed by atoms with van der Waals surface area (Å²) in [5.74, 6) is 1.62. The van der Waals surface area contributed by atoms with Crippen molar-refractivity contribution in [2.45, 2.75) is 18.9 Å². The van der Waals surface area contributed by atoms with Gasteiger partial charge in [0.05, 0.1) is 0 Å². The minimum Gasteiger partial charge on any atom is -0.381 e. The van der Waals surface area contributed by atoms with Gasteiger partial charge in [0.15, 0.2) is 0 Å². The van der Waals surface area contributed by atoms with Crippen LogP contribution in [0.4, 0.5) is 5.69 Å². The van der Waals surface area contributed by atoms with Crippen molar-refractivity contribution in [3.05, 3.63) is 27.7 Å². The smallest absolute Gasteiger partial charge is 0.0487 e. The van der Waals surface area contributed by atoms with E-state index in [0.717, 1.165) is 39.5 Å². The van der Waals surface area contributed by atoms with Gasteiger partial charge in [0.25, 0.3) is 0 Å². The summed E-state index contributed by atoms with van der Waals surface area (Å²) in [6, 6.07) is 6.15. The lowest BCUT2D eigenvalue weighted by Crippen LogP contribution is -2.29. The van der Waals surface area contributed by atoms with Gasteiger partial charge < -0.3 is 5.32 Å². The molecule has 1 N–H and O–H groups in total. The molecule has 88 valence electrons. The third kappa shape index (κ3) is 3.22. The monoisotopic (exact) mass is 321 g/mol. The van der Waals surface area contributed by atoms with E-state index < -0.39 is 10.8 Å². The molecule has 0 saturated carbocycles. The van der Waals surface area contributed by atoms with Crippen LogP contribution in [-0.2, 0) is 10.8 Å². The lowest BCUT2D eigenvalue weighted by molar-refractivity contribution is 0.624. The van der Waals surface area contributed by atoms with Crippen LogP contribution >= 0.6 is 27.5 Å². The molecule has 0 bridgehead atoms. The summed E-state index contributed by atoms with van der Waals surface area (Å²) in [6.45, 7) is 0. The van der Waals surface area contributed by atoms with Crippen LogP contribution in [0.3, 0.4) is 0 Å². The van der Waals surface area contributed by atoms with E-state index in [1.807, 2.05) is 18.2 Å². The second-order valence-corrected chi connectivity index (χ2v) is 6.88. The molecule has 0 atom stereocenters. The van der Waals surface area contributed by atoms with Gasteiger partial charge in [0, 0.05) is 43.5 Å². The average Bonchev–Trinajstić information content (AvgIpc) is 2.25. The highest BCUT2D eigenvalue weighted by atomic mass is 79.9. The number of nitrogens with one attached hydrogen (secondary N) is 1. The summed E-state index contributed by atoms with van der Waals surface area (Å²) in [6.07, 6.45) is 1.95. The molecule has 1 aliphatic rings. The molecule has 0 spiro atoms. The van der Waals surface area contributed by atoms with E-state index in [1.54, 1.807) is 0 Å². The Bertz CT molecular complexity index is 403. The van der Waals surface area contributed by atoms with Gasteiger partial charge >= 0.3 is 0 Å². The molecule has 0 aromatic heterocycles. The quantitative estimate of drug-likeness (QED) is 0.904. The van der Waals surface area contributed by atoms with Crippen molar-refractivity contribution in [1.29, 1.82) is 0 Å². The van der Waals surface area contributed by atoms with Crippen LogP contribution in [0.15, 0.2) is 22.7 Å². The van der Waals surface area contributed by atoms with E-state index in [-0.39, 0.29) is 0 Å². The van der Waals surface area contributed by atoms with Gasteiger partial charge in [-0.05, 0) is 47.0 Å². The first kappa shape index (κ1) is 12.4. The third-order valence-electron chi connectivity index (χ3n) is 2.68. The first-order valence-corrected chi connectivity index (χ1v) is 7.87. The van der Waals surface area contributed by atoms with E-state index in [1.165, 1.54) is 0 Å². The molecule has 1 fully saturated rings. The number of hydrogen-bond donors (Lipinski definition) is 1. The number of benzene rings is 1. The molecule has 1 heterocycles. The lowest BCUT2D eigenvalue weighted by atomic mass is 10.1. The summed E-state index contributed by atoms with van der Waals surface area (Å²) in [5.41, 5.74) is 1.06. The number of rotatable bonds is 2. The van der Waals surface area contributed by atoms with Crippen molar-refractivity contribution in [2.75, 3.05) is 16.8 Å². The highest BCUT2D eigenvalue weighted by molar-refractivity contribution is 9.10. The summed E-state index contributed by atoms with van der Waals surface area (Å²) in [4.78, 5) is 0. The highest BCUT2D eigenvalue weighted by Crippen LogP contribution is 2.27. The van der Waals surface area contributed by atoms with Crippen LogP contribution in [0.1, 0.15) is 12.8 Å². The van der Waals surface area contributed by atoms with Crippen LogP contribution in [0.5, 0.6) is 0 Å². The van der Waals surface area contributed by atoms with Crippen molar-refractivity contribution in [3.8, 4) is 0 Å². The Hall–Kier alpha value is -0.0600. The van der Waals surface area contributed by atoms with Gasteiger partial charge in [-0.15, -0.1) is 0 Å². The molecule has 0 amide bonds. The van der Waals surface area contributed by atoms with Gasteiger partial charge in [-0.1, -0.05) is 11.6 Å². The van der Waals surface area contributed by atoms with Crippen LogP contribution in [0, 0.1) is 0 Å². The summed E-state index contributed by atoms with van der Waals surface area (Å²) < 4.78 is 12.2. The molecular weight excluding hydrogens is 310 g/mol. The molecule has 1 aromatic rings. The lowest BCUT2D eigenvalue weighted by Gasteiger charge is -2.24. The maximum atomic E-state index is 11.2. The second-order valence-electron chi connectivity index (χ2n) is 3.89. The maximum absolute atomic E-state index is 11.2. The average molecular weight is 323 g/mol. The molecule has 2 rings (SSSR count). The summed E-state index contributed by atoms with van der Waals surface area (Å²) in [5, 5.41) is 4.18. The molecular formula is C11H13BrClNOS. The second kappa shape index (κ2) is 5.52. The van der Waals surface area contributed by atoms with Crippen molar-refractivity contribution >= 4 is 44.0 Å². The first-order valence-electron chi connectivity index (χ1n) is 5.22. The zero-order valence-corrected chi connectivity index (χ0v) is 11.9. The Morgan fingerprint density at radius 2 is 2.06 bits per heavy atom. The van der Waals surface area contributed by atoms with Gasteiger partial charge in [-0.2, -0.15) is 0 Å². The van der Waals surface area contributed by atoms with Crippen LogP contribution in [0.2, 0.25) is 5.02 Å². The summed E-state index contributed by atoms with van der Waals surface area (Å²) in [7, 11) is -0.601. The molecule has 1 aromatic carbocycles. The SMILES string of the molecule is O=S1CCC(Nc2ccc(Cl)cc2Br)CC1. The van der Waals surface area contributed by atoms with E-state index >= 15 is 0 Å². The zero-order chi connectivity index (χ0) is 11.5. The Kier molecular flexibility index (Phi) is 4.27. The van der Waals surface area contributed by atoms with Crippen molar-refractivity contribution in [1.82, 2.24) is 0 Å². The molecule has 0 aliphatic carbocycles. The van der Waals surface area contributed by atoms with Gasteiger partial charge in [0.1, 0.15) is 0 Å². The molecule has 16 heavy (non-hydrogen) atoms. The first-order chi connectivity index (χ1) is 7.65. The fourth-order valence-electron chi connectivity index (χ4n) is 1.76. The highest BCUT2D eigenvalue weighted by Gasteiger charge is 2.18. The Balaban J connectivity index is 2.01. The molecule has 5 heteroatoms. The van der Waals surface area contributed by atoms with Crippen LogP contribution in [0.25, 0.3) is 0 Å². The fraction of sp³-hybridized carbons (Fsp3) is 0.455. The normalized spacial score (nSPS) is 25.4. The zero-order valence-electron chi connectivity index (χ0n) is 8.71. The van der Waals surface area contributed by atoms with Crippen LogP contribution in [-0.4, -0.2) is 21.8 Å². The minimum atomic E-state index is -0.601. The molecule has 0 unspecified atom stereocenters. The number of hydrogen-bond acceptors (Lipinski definition) is 2. The van der Waals surface area contributed by atoms with Gasteiger partial charge in [-0.3, -0.25) is 4.21 Å². The summed E-state index contributed by atoms with van der Waals surface area (Å²) >= 11 is 9.36. The molecule has 2 nitrogen and oxygen atoms in total. The van der Waals surface area contributed by atoms with Crippen molar-refractivity contribution < 1.29 is 4.21 Å². The molecule has 0 radical (unpaired) electrons. The van der Waals surface area contributed by atoms with E-state index in [9.17, 15) is 4.21 Å². The fourth-order valence-corrected chi connectivity index (χ4v) is 3.86. The molecule has 1 aliphatic heterocycles. The van der Waals surface area contributed by atoms with Gasteiger partial charge in [0.2, 0.25) is 0 Å². The van der Waals surface area contributed by atoms with E-state index in [2.05, 4.69) is 21.2 Å². The maximum Gasteiger partial charge on any atom is 0.0487 e. The largest absolute Gasteiger partial charge is 0.381 e. The van der Waals surface area contributed by atoms with Crippen molar-refractivity contribution in [3.63, 3.8) is 0 Å². The Morgan fingerprint density at radius 1 is 1.38 bits per heavy atom. The van der Waals surface area contributed by atoms with Crippen LogP contribution < -0.4 is 5.32 Å². The third-order valence-corrected chi connectivity index (χ3v) is 4.95. The standard InChI is InChI=1S/C11H13BrClNOS/c12-10-7-8(13)1-2-11(10)14-9-3-5-16(15)6-4-9/h1-2,7,9,14H,3-6H2.